The lowest BCUT2D eigenvalue weighted by molar-refractivity contribution is 0.0696. The summed E-state index contributed by atoms with van der Waals surface area (Å²) in [7, 11) is 1.46. The number of anilines is 1. The highest BCUT2D eigenvalue weighted by molar-refractivity contribution is 6.06. The molecule has 1 amide bonds. The van der Waals surface area contributed by atoms with Gasteiger partial charge in [-0.3, -0.25) is 9.78 Å². The fraction of sp³-hybridized carbons (Fsp3) is 0.261. The summed E-state index contributed by atoms with van der Waals surface area (Å²) in [5, 5.41) is 21.5. The van der Waals surface area contributed by atoms with Gasteiger partial charge in [0.05, 0.1) is 42.5 Å². The van der Waals surface area contributed by atoms with Gasteiger partial charge in [0.1, 0.15) is 24.5 Å². The molecule has 0 saturated heterocycles. The highest BCUT2D eigenvalue weighted by Crippen LogP contribution is 2.33. The van der Waals surface area contributed by atoms with Crippen LogP contribution in [0.4, 0.5) is 5.69 Å². The lowest BCUT2D eigenvalue weighted by atomic mass is 10.1. The predicted molar refractivity (Wildman–Crippen MR) is 121 cm³/mol. The van der Waals surface area contributed by atoms with Gasteiger partial charge in [0.25, 0.3) is 5.91 Å². The predicted octanol–water partition coefficient (Wildman–Crippen LogP) is 2.01. The van der Waals surface area contributed by atoms with E-state index in [1.807, 2.05) is 0 Å². The van der Waals surface area contributed by atoms with Crippen molar-refractivity contribution in [2.45, 2.75) is 6.92 Å². The number of methoxy groups -OCH3 is 1. The van der Waals surface area contributed by atoms with Crippen molar-refractivity contribution in [3.05, 3.63) is 53.2 Å². The SMILES string of the molecule is COc1cc(C(=O)NCCOc2cccc3nc(C)c(C(=O)O)c(N)c23)ccc1OCCO. The highest BCUT2D eigenvalue weighted by atomic mass is 16.5. The fourth-order valence-electron chi connectivity index (χ4n) is 3.34. The number of aromatic carboxylic acids is 1. The first-order valence-electron chi connectivity index (χ1n) is 10.1. The third-order valence-corrected chi connectivity index (χ3v) is 4.83. The van der Waals surface area contributed by atoms with Crippen LogP contribution in [0, 0.1) is 6.92 Å². The van der Waals surface area contributed by atoms with E-state index in [1.165, 1.54) is 13.2 Å². The van der Waals surface area contributed by atoms with E-state index >= 15 is 0 Å². The maximum Gasteiger partial charge on any atom is 0.339 e. The summed E-state index contributed by atoms with van der Waals surface area (Å²) < 4.78 is 16.4. The van der Waals surface area contributed by atoms with Crippen LogP contribution in [0.5, 0.6) is 17.2 Å². The average Bonchev–Trinajstić information content (AvgIpc) is 2.79. The van der Waals surface area contributed by atoms with Gasteiger partial charge in [-0.2, -0.15) is 0 Å². The monoisotopic (exact) mass is 455 g/mol. The molecule has 3 aromatic rings. The number of aryl methyl sites for hydroxylation is 1. The summed E-state index contributed by atoms with van der Waals surface area (Å²) >= 11 is 0. The second-order valence-corrected chi connectivity index (χ2v) is 6.98. The topological polar surface area (TPSA) is 153 Å². The minimum Gasteiger partial charge on any atom is -0.493 e. The molecule has 2 aromatic carbocycles. The van der Waals surface area contributed by atoms with E-state index in [2.05, 4.69) is 10.3 Å². The summed E-state index contributed by atoms with van der Waals surface area (Å²) in [5.41, 5.74) is 7.34. The average molecular weight is 455 g/mol. The number of ether oxygens (including phenoxy) is 3. The van der Waals surface area contributed by atoms with Gasteiger partial charge >= 0.3 is 5.97 Å². The fourth-order valence-corrected chi connectivity index (χ4v) is 3.34. The number of nitrogens with two attached hydrogens (primary N) is 1. The summed E-state index contributed by atoms with van der Waals surface area (Å²) in [4.78, 5) is 28.3. The van der Waals surface area contributed by atoms with Crippen molar-refractivity contribution in [2.24, 2.45) is 0 Å². The molecule has 10 heteroatoms. The maximum atomic E-state index is 12.5. The van der Waals surface area contributed by atoms with Crippen molar-refractivity contribution in [3.63, 3.8) is 0 Å². The number of hydrogen-bond acceptors (Lipinski definition) is 8. The molecule has 1 aromatic heterocycles. The molecule has 0 saturated carbocycles. The van der Waals surface area contributed by atoms with Crippen molar-refractivity contribution in [1.82, 2.24) is 10.3 Å². The van der Waals surface area contributed by atoms with E-state index in [9.17, 15) is 14.7 Å². The first-order chi connectivity index (χ1) is 15.9. The van der Waals surface area contributed by atoms with Gasteiger partial charge in [0, 0.05) is 5.56 Å². The van der Waals surface area contributed by atoms with Crippen LogP contribution < -0.4 is 25.3 Å². The number of fused-ring (bicyclic) bond motifs is 1. The Morgan fingerprint density at radius 2 is 1.85 bits per heavy atom. The van der Waals surface area contributed by atoms with Crippen molar-refractivity contribution in [3.8, 4) is 17.2 Å². The largest absolute Gasteiger partial charge is 0.493 e. The van der Waals surface area contributed by atoms with Gasteiger partial charge in [-0.1, -0.05) is 6.07 Å². The molecule has 174 valence electrons. The molecule has 0 atom stereocenters. The normalized spacial score (nSPS) is 10.6. The van der Waals surface area contributed by atoms with Crippen molar-refractivity contribution in [1.29, 1.82) is 0 Å². The van der Waals surface area contributed by atoms with E-state index in [0.717, 1.165) is 0 Å². The number of amides is 1. The Balaban J connectivity index is 1.67. The Labute approximate surface area is 189 Å². The lowest BCUT2D eigenvalue weighted by Crippen LogP contribution is -2.28. The molecule has 0 radical (unpaired) electrons. The zero-order valence-corrected chi connectivity index (χ0v) is 18.3. The minimum atomic E-state index is -1.16. The summed E-state index contributed by atoms with van der Waals surface area (Å²) in [5.74, 6) is -0.334. The minimum absolute atomic E-state index is 0.0628. The number of rotatable bonds is 10. The number of aromatic nitrogens is 1. The van der Waals surface area contributed by atoms with E-state index in [1.54, 1.807) is 37.3 Å². The Morgan fingerprint density at radius 3 is 2.55 bits per heavy atom. The van der Waals surface area contributed by atoms with Crippen LogP contribution in [-0.4, -0.2) is 60.5 Å². The molecule has 0 spiro atoms. The quantitative estimate of drug-likeness (QED) is 0.336. The summed E-state index contributed by atoms with van der Waals surface area (Å²) in [6, 6.07) is 9.83. The van der Waals surface area contributed by atoms with Crippen molar-refractivity contribution < 1.29 is 34.0 Å². The number of pyridine rings is 1. The van der Waals surface area contributed by atoms with Crippen LogP contribution in [-0.2, 0) is 0 Å². The Hall–Kier alpha value is -4.05. The zero-order valence-electron chi connectivity index (χ0n) is 18.3. The molecule has 10 nitrogen and oxygen atoms in total. The molecular weight excluding hydrogens is 430 g/mol. The number of carbonyl (C=O) groups is 2. The smallest absolute Gasteiger partial charge is 0.339 e. The maximum absolute atomic E-state index is 12.5. The number of nitrogens with one attached hydrogen (secondary N) is 1. The number of carboxylic acids is 1. The number of carboxylic acid groups (broad SMARTS) is 1. The van der Waals surface area contributed by atoms with Gasteiger partial charge in [-0.05, 0) is 37.3 Å². The van der Waals surface area contributed by atoms with Crippen LogP contribution in [0.1, 0.15) is 26.4 Å². The second kappa shape index (κ2) is 10.5. The van der Waals surface area contributed by atoms with Crippen molar-refractivity contribution in [2.75, 3.05) is 39.2 Å². The second-order valence-electron chi connectivity index (χ2n) is 6.98. The van der Waals surface area contributed by atoms with Gasteiger partial charge in [0.15, 0.2) is 11.5 Å². The molecule has 3 rings (SSSR count). The van der Waals surface area contributed by atoms with Crippen LogP contribution in [0.25, 0.3) is 10.9 Å². The zero-order chi connectivity index (χ0) is 24.0. The number of nitrogens with zero attached hydrogens (tertiary/aromatic N) is 1. The van der Waals surface area contributed by atoms with Gasteiger partial charge in [-0.25, -0.2) is 4.79 Å². The van der Waals surface area contributed by atoms with E-state index in [0.29, 0.717) is 39.4 Å². The molecule has 0 fully saturated rings. The molecular formula is C23H25N3O7. The standard InChI is InChI=1S/C23H25N3O7/c1-13-19(23(29)30)21(24)20-15(26-13)4-3-5-17(20)32-10-8-25-22(28)14-6-7-16(33-11-9-27)18(12-14)31-2/h3-7,12,27H,8-11H2,1-2H3,(H2,24,26)(H,25,28)(H,29,30). The van der Waals surface area contributed by atoms with Gasteiger partial charge in [0.2, 0.25) is 0 Å². The summed E-state index contributed by atoms with van der Waals surface area (Å²) in [6.07, 6.45) is 0. The van der Waals surface area contributed by atoms with Crippen LogP contribution in [0.3, 0.4) is 0 Å². The molecule has 33 heavy (non-hydrogen) atoms. The Bertz CT molecular complexity index is 1180. The number of carbonyl (C=O) groups excluding carboxylic acids is 1. The molecule has 0 aliphatic rings. The molecule has 0 aliphatic carbocycles. The third-order valence-electron chi connectivity index (χ3n) is 4.83. The molecule has 0 aliphatic heterocycles. The van der Waals surface area contributed by atoms with Crippen LogP contribution in [0.2, 0.25) is 0 Å². The Morgan fingerprint density at radius 1 is 1.09 bits per heavy atom. The van der Waals surface area contributed by atoms with E-state index in [4.69, 9.17) is 25.1 Å². The number of aliphatic hydroxyl groups excluding tert-OH is 1. The Kier molecular flexibility index (Phi) is 7.52. The van der Waals surface area contributed by atoms with Crippen LogP contribution in [0.15, 0.2) is 36.4 Å². The van der Waals surface area contributed by atoms with Crippen LogP contribution >= 0.6 is 0 Å². The van der Waals surface area contributed by atoms with E-state index < -0.39 is 5.97 Å². The number of benzene rings is 2. The number of hydrogen-bond donors (Lipinski definition) is 4. The first-order valence-corrected chi connectivity index (χ1v) is 10.1. The molecule has 0 bridgehead atoms. The molecule has 1 heterocycles. The number of nitrogen functional groups attached to an aromatic ring is 1. The highest BCUT2D eigenvalue weighted by Gasteiger charge is 2.19. The molecule has 5 N–H and O–H groups in total. The van der Waals surface area contributed by atoms with Gasteiger partial charge in [-0.15, -0.1) is 0 Å². The summed E-state index contributed by atoms with van der Waals surface area (Å²) in [6.45, 7) is 1.87. The molecule has 0 unspecified atom stereocenters. The van der Waals surface area contributed by atoms with Crippen molar-refractivity contribution >= 4 is 28.5 Å². The van der Waals surface area contributed by atoms with E-state index in [-0.39, 0.29) is 43.5 Å². The third kappa shape index (κ3) is 5.24. The first kappa shape index (κ1) is 23.6. The van der Waals surface area contributed by atoms with Gasteiger partial charge < -0.3 is 35.5 Å². The lowest BCUT2D eigenvalue weighted by Gasteiger charge is -2.14. The number of aliphatic hydroxyl groups is 1.